The summed E-state index contributed by atoms with van der Waals surface area (Å²) in [5.74, 6) is 0.644. The van der Waals surface area contributed by atoms with E-state index in [1.807, 2.05) is 12.1 Å². The van der Waals surface area contributed by atoms with Gasteiger partial charge in [0.15, 0.2) is 11.0 Å². The zero-order chi connectivity index (χ0) is 17.3. The fourth-order valence-corrected chi connectivity index (χ4v) is 3.24. The molecule has 0 unspecified atom stereocenters. The van der Waals surface area contributed by atoms with Gasteiger partial charge in [-0.15, -0.1) is 10.2 Å². The van der Waals surface area contributed by atoms with Crippen molar-refractivity contribution in [3.05, 3.63) is 62.6 Å². The molecule has 0 spiro atoms. The van der Waals surface area contributed by atoms with Crippen molar-refractivity contribution < 1.29 is 4.92 Å². The van der Waals surface area contributed by atoms with Crippen LogP contribution < -0.4 is 0 Å². The highest BCUT2D eigenvalue weighted by Gasteiger charge is 2.19. The Morgan fingerprint density at radius 2 is 1.75 bits per heavy atom. The molecule has 0 atom stereocenters. The molecule has 0 aliphatic heterocycles. The van der Waals surface area contributed by atoms with Gasteiger partial charge in [-0.3, -0.25) is 10.1 Å². The first-order valence-electron chi connectivity index (χ1n) is 6.73. The molecule has 0 saturated heterocycles. The number of hydrogen-bond acceptors (Lipinski definition) is 5. The number of nitrogens with zero attached hydrogens (tertiary/aromatic N) is 4. The Balaban J connectivity index is 1.95. The van der Waals surface area contributed by atoms with Crippen LogP contribution in [0.15, 0.2) is 52.5 Å². The Kier molecular flexibility index (Phi) is 4.75. The van der Waals surface area contributed by atoms with Gasteiger partial charge in [-0.2, -0.15) is 0 Å². The van der Waals surface area contributed by atoms with E-state index in [2.05, 4.69) is 10.2 Å². The van der Waals surface area contributed by atoms with Crippen molar-refractivity contribution in [1.82, 2.24) is 14.8 Å². The molecule has 0 radical (unpaired) electrons. The lowest BCUT2D eigenvalue weighted by Gasteiger charge is -2.05. The van der Waals surface area contributed by atoms with Crippen molar-refractivity contribution >= 4 is 40.7 Å². The van der Waals surface area contributed by atoms with E-state index in [1.165, 1.54) is 6.07 Å². The second-order valence-electron chi connectivity index (χ2n) is 4.84. The third-order valence-corrected chi connectivity index (χ3v) is 4.85. The summed E-state index contributed by atoms with van der Waals surface area (Å²) in [7, 11) is 1.80. The number of aromatic nitrogens is 3. The number of nitro benzene ring substituents is 1. The summed E-state index contributed by atoms with van der Waals surface area (Å²) in [5.41, 5.74) is 0.787. The Morgan fingerprint density at radius 3 is 2.42 bits per heavy atom. The highest BCUT2D eigenvalue weighted by molar-refractivity contribution is 7.99. The lowest BCUT2D eigenvalue weighted by Crippen LogP contribution is -1.96. The maximum absolute atomic E-state index is 11.2. The zero-order valence-corrected chi connectivity index (χ0v) is 14.6. The molecule has 0 amide bonds. The van der Waals surface area contributed by atoms with E-state index >= 15 is 0 Å². The van der Waals surface area contributed by atoms with E-state index in [0.717, 1.165) is 17.3 Å². The second-order valence-corrected chi connectivity index (χ2v) is 6.73. The van der Waals surface area contributed by atoms with Crippen molar-refractivity contribution in [2.75, 3.05) is 0 Å². The van der Waals surface area contributed by atoms with Crippen LogP contribution in [0.25, 0.3) is 11.4 Å². The van der Waals surface area contributed by atoms with Gasteiger partial charge in [0.25, 0.3) is 5.69 Å². The predicted molar refractivity (Wildman–Crippen MR) is 93.7 cm³/mol. The third kappa shape index (κ3) is 3.38. The van der Waals surface area contributed by atoms with Crippen molar-refractivity contribution in [2.45, 2.75) is 10.1 Å². The summed E-state index contributed by atoms with van der Waals surface area (Å²) in [6.45, 7) is 0. The summed E-state index contributed by atoms with van der Waals surface area (Å²) < 4.78 is 1.77. The van der Waals surface area contributed by atoms with Crippen LogP contribution >= 0.6 is 35.0 Å². The van der Waals surface area contributed by atoms with Crippen LogP contribution in [0.1, 0.15) is 0 Å². The van der Waals surface area contributed by atoms with Crippen LogP contribution in [0.2, 0.25) is 10.0 Å². The van der Waals surface area contributed by atoms with Crippen LogP contribution in [-0.2, 0) is 7.05 Å². The van der Waals surface area contributed by atoms with E-state index in [-0.39, 0.29) is 5.69 Å². The number of nitro groups is 1. The van der Waals surface area contributed by atoms with Crippen molar-refractivity contribution in [2.24, 2.45) is 7.05 Å². The van der Waals surface area contributed by atoms with Crippen molar-refractivity contribution in [1.29, 1.82) is 0 Å². The quantitative estimate of drug-likeness (QED) is 0.477. The van der Waals surface area contributed by atoms with Crippen LogP contribution in [0.3, 0.4) is 0 Å². The molecule has 0 aliphatic rings. The average molecular weight is 381 g/mol. The number of halogens is 2. The number of benzene rings is 2. The van der Waals surface area contributed by atoms with E-state index < -0.39 is 4.92 Å². The largest absolute Gasteiger partial charge is 0.305 e. The van der Waals surface area contributed by atoms with E-state index in [4.69, 9.17) is 23.2 Å². The van der Waals surface area contributed by atoms with E-state index in [0.29, 0.717) is 25.9 Å². The van der Waals surface area contributed by atoms with Crippen LogP contribution in [0.4, 0.5) is 5.69 Å². The zero-order valence-electron chi connectivity index (χ0n) is 12.3. The fraction of sp³-hybridized carbons (Fsp3) is 0.0667. The summed E-state index contributed by atoms with van der Waals surface area (Å²) in [6.07, 6.45) is 0. The van der Waals surface area contributed by atoms with Gasteiger partial charge in [0, 0.05) is 28.7 Å². The van der Waals surface area contributed by atoms with Gasteiger partial charge in [-0.05, 0) is 48.2 Å². The van der Waals surface area contributed by atoms with Crippen molar-refractivity contribution in [3.63, 3.8) is 0 Å². The minimum atomic E-state index is -0.468. The molecule has 0 saturated carbocycles. The molecule has 0 bridgehead atoms. The van der Waals surface area contributed by atoms with Gasteiger partial charge >= 0.3 is 0 Å². The Bertz CT molecular complexity index is 912. The predicted octanol–water partition coefficient (Wildman–Crippen LogP) is 4.85. The van der Waals surface area contributed by atoms with Crippen LogP contribution in [0, 0.1) is 10.1 Å². The van der Waals surface area contributed by atoms with Crippen molar-refractivity contribution in [3.8, 4) is 11.4 Å². The first-order chi connectivity index (χ1) is 11.5. The Morgan fingerprint density at radius 1 is 1.08 bits per heavy atom. The minimum Gasteiger partial charge on any atom is -0.305 e. The molecule has 3 rings (SSSR count). The summed E-state index contributed by atoms with van der Waals surface area (Å²) in [6, 6.07) is 11.7. The SMILES string of the molecule is Cn1c(Sc2ccc(Cl)cc2[N+](=O)[O-])nnc1-c1ccc(Cl)cc1. The average Bonchev–Trinajstić information content (AvgIpc) is 2.91. The lowest BCUT2D eigenvalue weighted by molar-refractivity contribution is -0.387. The molecule has 6 nitrogen and oxygen atoms in total. The maximum atomic E-state index is 11.2. The molecule has 122 valence electrons. The number of rotatable bonds is 4. The summed E-state index contributed by atoms with van der Waals surface area (Å²) >= 11 is 12.9. The molecule has 0 N–H and O–H groups in total. The first kappa shape index (κ1) is 16.8. The molecule has 0 fully saturated rings. The summed E-state index contributed by atoms with van der Waals surface area (Å²) in [4.78, 5) is 11.2. The molecule has 2 aromatic carbocycles. The first-order valence-corrected chi connectivity index (χ1v) is 8.30. The monoisotopic (exact) mass is 380 g/mol. The standard InChI is InChI=1S/C15H10Cl2N4O2S/c1-20-14(9-2-4-10(16)5-3-9)18-19-15(20)24-13-7-6-11(17)8-12(13)21(22)23/h2-8H,1H3. The van der Waals surface area contributed by atoms with Gasteiger partial charge in [0.05, 0.1) is 9.82 Å². The smallest absolute Gasteiger partial charge is 0.284 e. The summed E-state index contributed by atoms with van der Waals surface area (Å²) in [5, 5.41) is 20.9. The van der Waals surface area contributed by atoms with Crippen LogP contribution in [-0.4, -0.2) is 19.7 Å². The highest BCUT2D eigenvalue weighted by atomic mass is 35.5. The van der Waals surface area contributed by atoms with Gasteiger partial charge in [0.2, 0.25) is 0 Å². The molecule has 3 aromatic rings. The number of hydrogen-bond donors (Lipinski definition) is 0. The molecule has 1 aromatic heterocycles. The maximum Gasteiger partial charge on any atom is 0.284 e. The molecule has 9 heteroatoms. The van der Waals surface area contributed by atoms with Crippen LogP contribution in [0.5, 0.6) is 0 Å². The molecular weight excluding hydrogens is 371 g/mol. The Labute approximate surface area is 151 Å². The topological polar surface area (TPSA) is 73.8 Å². The molecular formula is C15H10Cl2N4O2S. The fourth-order valence-electron chi connectivity index (χ4n) is 2.07. The normalized spacial score (nSPS) is 10.8. The Hall–Kier alpha value is -2.09. The molecule has 1 heterocycles. The third-order valence-electron chi connectivity index (χ3n) is 3.26. The van der Waals surface area contributed by atoms with E-state index in [1.54, 1.807) is 35.9 Å². The molecule has 24 heavy (non-hydrogen) atoms. The van der Waals surface area contributed by atoms with Gasteiger partial charge in [-0.25, -0.2) is 0 Å². The van der Waals surface area contributed by atoms with Gasteiger partial charge in [-0.1, -0.05) is 23.2 Å². The minimum absolute atomic E-state index is 0.0662. The highest BCUT2D eigenvalue weighted by Crippen LogP contribution is 2.36. The van der Waals surface area contributed by atoms with Gasteiger partial charge < -0.3 is 4.57 Å². The lowest BCUT2D eigenvalue weighted by atomic mass is 10.2. The molecule has 0 aliphatic carbocycles. The van der Waals surface area contributed by atoms with Gasteiger partial charge in [0.1, 0.15) is 0 Å². The van der Waals surface area contributed by atoms with E-state index in [9.17, 15) is 10.1 Å². The second kappa shape index (κ2) is 6.80.